The molecule has 2 radical (unpaired) electrons. The minimum Gasteiger partial charge on any atom is -0.504 e. The predicted octanol–water partition coefficient (Wildman–Crippen LogP) is 3.00. The Morgan fingerprint density at radius 3 is 2.05 bits per heavy atom. The molecule has 0 aliphatic heterocycles. The van der Waals surface area contributed by atoms with Crippen molar-refractivity contribution in [1.29, 1.82) is 0 Å². The highest BCUT2D eigenvalue weighted by molar-refractivity contribution is 5.42. The van der Waals surface area contributed by atoms with E-state index in [0.29, 0.717) is 12.0 Å². The summed E-state index contributed by atoms with van der Waals surface area (Å²) in [5.74, 6) is -0.451. The van der Waals surface area contributed by atoms with Gasteiger partial charge < -0.3 is 19.8 Å². The molecule has 4 nitrogen and oxygen atoms in total. The van der Waals surface area contributed by atoms with Crippen molar-refractivity contribution in [3.05, 3.63) is 30.8 Å². The van der Waals surface area contributed by atoms with Gasteiger partial charge in [0.15, 0.2) is 11.5 Å². The quantitative estimate of drug-likeness (QED) is 0.591. The zero-order valence-electron chi connectivity index (χ0n) is 13.9. The number of aliphatic hydroxyl groups is 1. The Morgan fingerprint density at radius 2 is 1.67 bits per heavy atom. The Hall–Kier alpha value is -1.26. The molecule has 0 aliphatic carbocycles. The summed E-state index contributed by atoms with van der Waals surface area (Å²) in [6.45, 7) is 9.76. The molecule has 1 rings (SSSR count). The fraction of sp³-hybridized carbons (Fsp3) is 0.588. The summed E-state index contributed by atoms with van der Waals surface area (Å²) in [6, 6.07) is 4.10. The second-order valence-electron chi connectivity index (χ2n) is 7.09. The Bertz CT molecular complexity index is 501. The molecular formula is C17H28NO3+. The summed E-state index contributed by atoms with van der Waals surface area (Å²) < 4.78 is 0.137. The van der Waals surface area contributed by atoms with Crippen molar-refractivity contribution in [1.82, 2.24) is 0 Å². The lowest BCUT2D eigenvalue weighted by Crippen LogP contribution is -2.64. The zero-order chi connectivity index (χ0) is 16.6. The van der Waals surface area contributed by atoms with Crippen molar-refractivity contribution in [2.24, 2.45) is 0 Å². The minimum atomic E-state index is -1.24. The third-order valence-corrected chi connectivity index (χ3v) is 4.69. The maximum Gasteiger partial charge on any atom is 0.207 e. The number of hydrogen-bond donors (Lipinski definition) is 3. The van der Waals surface area contributed by atoms with Gasteiger partial charge in [0.05, 0.1) is 12.6 Å². The molecule has 0 aromatic heterocycles. The van der Waals surface area contributed by atoms with Gasteiger partial charge >= 0.3 is 0 Å². The molecule has 0 spiro atoms. The molecule has 0 saturated carbocycles. The van der Waals surface area contributed by atoms with Crippen LogP contribution in [0.1, 0.15) is 46.6 Å². The van der Waals surface area contributed by atoms with Crippen LogP contribution in [0, 0.1) is 7.05 Å². The highest BCUT2D eigenvalue weighted by atomic mass is 16.3. The van der Waals surface area contributed by atoms with E-state index in [1.807, 2.05) is 34.7 Å². The largest absolute Gasteiger partial charge is 0.504 e. The van der Waals surface area contributed by atoms with E-state index in [1.54, 1.807) is 13.0 Å². The number of aromatic hydroxyl groups is 2. The molecule has 3 N–H and O–H groups in total. The van der Waals surface area contributed by atoms with Gasteiger partial charge in [0, 0.05) is 0 Å². The maximum absolute atomic E-state index is 11.1. The third kappa shape index (κ3) is 3.16. The van der Waals surface area contributed by atoms with Gasteiger partial charge in [-0.25, -0.2) is 0 Å². The van der Waals surface area contributed by atoms with E-state index in [0.717, 1.165) is 0 Å². The molecular weight excluding hydrogens is 266 g/mol. The van der Waals surface area contributed by atoms with Crippen molar-refractivity contribution < 1.29 is 19.8 Å². The molecule has 1 aromatic rings. The molecule has 0 bridgehead atoms. The number of likely N-dealkylation sites (N-methyl/N-ethyl adjacent to an activating group) is 1. The average Bonchev–Trinajstić information content (AvgIpc) is 2.31. The molecule has 0 heterocycles. The number of phenolic OH excluding ortho intramolecular Hbond substituents is 2. The van der Waals surface area contributed by atoms with Crippen LogP contribution < -0.4 is 0 Å². The number of hydrogen-bond acceptors (Lipinski definition) is 3. The second kappa shape index (κ2) is 5.50. The van der Waals surface area contributed by atoms with Crippen LogP contribution in [0.4, 0.5) is 0 Å². The Kier molecular flexibility index (Phi) is 4.66. The molecule has 0 saturated heterocycles. The summed E-state index contributed by atoms with van der Waals surface area (Å²) in [5, 5.41) is 30.2. The van der Waals surface area contributed by atoms with Crippen LogP contribution in [0.25, 0.3) is 0 Å². The van der Waals surface area contributed by atoms with Crippen LogP contribution >= 0.6 is 0 Å². The summed E-state index contributed by atoms with van der Waals surface area (Å²) in [6.07, 6.45) is 0.666. The summed E-state index contributed by atoms with van der Waals surface area (Å²) in [7, 11) is 8.40. The van der Waals surface area contributed by atoms with Crippen LogP contribution in [-0.4, -0.2) is 38.4 Å². The van der Waals surface area contributed by atoms with E-state index in [-0.39, 0.29) is 27.6 Å². The monoisotopic (exact) mass is 294 g/mol. The summed E-state index contributed by atoms with van der Waals surface area (Å²) in [5.41, 5.74) is -0.968. The van der Waals surface area contributed by atoms with Crippen LogP contribution in [0.15, 0.2) is 18.2 Å². The van der Waals surface area contributed by atoms with E-state index >= 15 is 0 Å². The predicted molar refractivity (Wildman–Crippen MR) is 83.7 cm³/mol. The first-order valence-electron chi connectivity index (χ1n) is 7.25. The van der Waals surface area contributed by atoms with Crippen LogP contribution in [0.5, 0.6) is 11.5 Å². The number of phenols is 2. The van der Waals surface area contributed by atoms with E-state index in [9.17, 15) is 15.3 Å². The normalized spacial score (nSPS) is 17.3. The molecule has 3 atom stereocenters. The number of rotatable bonds is 4. The Morgan fingerprint density at radius 1 is 1.14 bits per heavy atom. The molecule has 118 valence electrons. The van der Waals surface area contributed by atoms with Gasteiger partial charge in [0.2, 0.25) is 7.05 Å². The molecule has 0 fully saturated rings. The highest BCUT2D eigenvalue weighted by Crippen LogP contribution is 2.40. The Balaban J connectivity index is 3.34. The van der Waals surface area contributed by atoms with Crippen molar-refractivity contribution >= 4 is 0 Å². The standard InChI is InChI=1S/C17H28NO3/c1-8-15(18(6,7)16(2,3)4)17(5,21)12-9-10-13(19)14(20)11-12/h6,9-11,15,19-21H,8H2,1-5,7H3/q+1. The van der Waals surface area contributed by atoms with E-state index < -0.39 is 5.60 Å². The number of quaternary nitrogens is 1. The van der Waals surface area contributed by atoms with Gasteiger partial charge in [-0.3, -0.25) is 0 Å². The third-order valence-electron chi connectivity index (χ3n) is 4.69. The molecule has 3 unspecified atom stereocenters. The first kappa shape index (κ1) is 17.8. The van der Waals surface area contributed by atoms with E-state index in [4.69, 9.17) is 7.05 Å². The molecule has 0 amide bonds. The molecule has 21 heavy (non-hydrogen) atoms. The fourth-order valence-corrected chi connectivity index (χ4v) is 2.80. The van der Waals surface area contributed by atoms with Crippen LogP contribution in [-0.2, 0) is 5.60 Å². The van der Waals surface area contributed by atoms with Crippen molar-refractivity contribution in [3.63, 3.8) is 0 Å². The van der Waals surface area contributed by atoms with E-state index in [1.165, 1.54) is 12.1 Å². The topological polar surface area (TPSA) is 60.7 Å². The minimum absolute atomic E-state index is 0.137. The van der Waals surface area contributed by atoms with Crippen molar-refractivity contribution in [2.45, 2.75) is 58.2 Å². The van der Waals surface area contributed by atoms with Gasteiger partial charge in [0.1, 0.15) is 11.6 Å². The molecule has 0 aliphatic rings. The number of benzene rings is 1. The maximum atomic E-state index is 11.1. The SMILES string of the molecule is [CH][N+](C)(C(CC)C(C)(O)c1ccc(O)c(O)c1)C(C)(C)C. The van der Waals surface area contributed by atoms with Gasteiger partial charge in [-0.05, 0) is 51.8 Å². The average molecular weight is 294 g/mol. The smallest absolute Gasteiger partial charge is 0.207 e. The van der Waals surface area contributed by atoms with Crippen molar-refractivity contribution in [3.8, 4) is 11.5 Å². The molecule has 4 heteroatoms. The van der Waals surface area contributed by atoms with E-state index in [2.05, 4.69) is 0 Å². The first-order valence-corrected chi connectivity index (χ1v) is 7.25. The van der Waals surface area contributed by atoms with Gasteiger partial charge in [-0.15, -0.1) is 0 Å². The lowest BCUT2D eigenvalue weighted by molar-refractivity contribution is -0.944. The number of nitrogens with zero attached hydrogens (tertiary/aromatic N) is 1. The second-order valence-corrected chi connectivity index (χ2v) is 7.09. The van der Waals surface area contributed by atoms with Crippen LogP contribution in [0.3, 0.4) is 0 Å². The lowest BCUT2D eigenvalue weighted by Gasteiger charge is -2.51. The summed E-state index contributed by atoms with van der Waals surface area (Å²) >= 11 is 0. The molecule has 1 aromatic carbocycles. The van der Waals surface area contributed by atoms with Gasteiger partial charge in [0.25, 0.3) is 0 Å². The zero-order valence-corrected chi connectivity index (χ0v) is 13.9. The fourth-order valence-electron chi connectivity index (χ4n) is 2.80. The van der Waals surface area contributed by atoms with Gasteiger partial charge in [-0.2, -0.15) is 0 Å². The highest BCUT2D eigenvalue weighted by Gasteiger charge is 2.49. The Labute approximate surface area is 128 Å². The lowest BCUT2D eigenvalue weighted by atomic mass is 9.82. The first-order chi connectivity index (χ1) is 9.35. The van der Waals surface area contributed by atoms with Crippen LogP contribution in [0.2, 0.25) is 0 Å². The van der Waals surface area contributed by atoms with Crippen molar-refractivity contribution in [2.75, 3.05) is 7.05 Å². The van der Waals surface area contributed by atoms with Gasteiger partial charge in [-0.1, -0.05) is 13.0 Å². The summed E-state index contributed by atoms with van der Waals surface area (Å²) in [4.78, 5) is 0.